The first kappa shape index (κ1) is 13.7. The summed E-state index contributed by atoms with van der Waals surface area (Å²) in [5.74, 6) is 1.12. The van der Waals surface area contributed by atoms with Crippen molar-refractivity contribution in [2.45, 2.75) is 39.2 Å². The lowest BCUT2D eigenvalue weighted by atomic mass is 10.1. The average molecular weight is 334 g/mol. The van der Waals surface area contributed by atoms with E-state index >= 15 is 0 Å². The molecule has 3 nitrogen and oxygen atoms in total. The summed E-state index contributed by atoms with van der Waals surface area (Å²) in [4.78, 5) is 4.56. The Kier molecular flexibility index (Phi) is 3.83. The summed E-state index contributed by atoms with van der Waals surface area (Å²) < 4.78 is 3.45. The molecular formula is C16H20BrN3. The summed E-state index contributed by atoms with van der Waals surface area (Å²) >= 11 is 3.64. The SMILES string of the molecule is CC(C)n1cc(Br)c2ccc(NC3=NCCCC3)cc21. The Labute approximate surface area is 128 Å². The number of rotatable bonds is 2. The van der Waals surface area contributed by atoms with Crippen molar-refractivity contribution in [2.75, 3.05) is 11.9 Å². The minimum Gasteiger partial charge on any atom is -0.344 e. The number of halogens is 1. The molecular weight excluding hydrogens is 314 g/mol. The summed E-state index contributed by atoms with van der Waals surface area (Å²) in [5, 5.41) is 4.73. The molecule has 2 aromatic rings. The van der Waals surface area contributed by atoms with Crippen LogP contribution >= 0.6 is 15.9 Å². The molecule has 4 heteroatoms. The molecule has 0 aliphatic carbocycles. The molecule has 0 saturated carbocycles. The maximum atomic E-state index is 4.56. The molecule has 1 N–H and O–H groups in total. The normalized spacial score (nSPS) is 15.7. The van der Waals surface area contributed by atoms with E-state index in [0.29, 0.717) is 6.04 Å². The molecule has 2 heterocycles. The van der Waals surface area contributed by atoms with Gasteiger partial charge in [0.1, 0.15) is 5.84 Å². The largest absolute Gasteiger partial charge is 0.344 e. The van der Waals surface area contributed by atoms with E-state index in [1.165, 1.54) is 23.7 Å². The lowest BCUT2D eigenvalue weighted by molar-refractivity contribution is 0.622. The van der Waals surface area contributed by atoms with Crippen LogP contribution in [0.3, 0.4) is 0 Å². The van der Waals surface area contributed by atoms with Crippen LogP contribution in [-0.2, 0) is 0 Å². The number of hydrogen-bond acceptors (Lipinski definition) is 2. The maximum absolute atomic E-state index is 4.56. The fraction of sp³-hybridized carbons (Fsp3) is 0.438. The van der Waals surface area contributed by atoms with Gasteiger partial charge in [-0.05, 0) is 60.8 Å². The minimum atomic E-state index is 0.450. The van der Waals surface area contributed by atoms with Crippen LogP contribution in [0.5, 0.6) is 0 Å². The first-order valence-corrected chi connectivity index (χ1v) is 8.05. The summed E-state index contributed by atoms with van der Waals surface area (Å²) in [6.45, 7) is 5.37. The molecule has 0 spiro atoms. The molecule has 1 aliphatic heterocycles. The molecule has 0 unspecified atom stereocenters. The zero-order valence-corrected chi connectivity index (χ0v) is 13.6. The molecule has 3 rings (SSSR count). The summed E-state index contributed by atoms with van der Waals surface area (Å²) in [6.07, 6.45) is 5.68. The standard InChI is InChI=1S/C16H20BrN3/c1-11(2)20-10-14(17)13-7-6-12(9-15(13)20)19-16-5-3-4-8-18-16/h6-7,9-11H,3-5,8H2,1-2H3,(H,18,19). The number of fused-ring (bicyclic) bond motifs is 1. The number of anilines is 1. The van der Waals surface area contributed by atoms with Gasteiger partial charge >= 0.3 is 0 Å². The Hall–Kier alpha value is -1.29. The molecule has 0 fully saturated rings. The summed E-state index contributed by atoms with van der Waals surface area (Å²) in [6, 6.07) is 6.97. The Morgan fingerprint density at radius 1 is 1.30 bits per heavy atom. The summed E-state index contributed by atoms with van der Waals surface area (Å²) in [7, 11) is 0. The molecule has 106 valence electrons. The lowest BCUT2D eigenvalue weighted by Gasteiger charge is -2.15. The van der Waals surface area contributed by atoms with Gasteiger partial charge in [-0.1, -0.05) is 0 Å². The topological polar surface area (TPSA) is 29.3 Å². The van der Waals surface area contributed by atoms with Crippen LogP contribution in [0.15, 0.2) is 33.9 Å². The van der Waals surface area contributed by atoms with Crippen molar-refractivity contribution in [1.29, 1.82) is 0 Å². The zero-order chi connectivity index (χ0) is 14.1. The molecule has 0 radical (unpaired) electrons. The Morgan fingerprint density at radius 3 is 2.85 bits per heavy atom. The van der Waals surface area contributed by atoms with E-state index in [9.17, 15) is 0 Å². The van der Waals surface area contributed by atoms with E-state index in [1.807, 2.05) is 0 Å². The molecule has 1 aliphatic rings. The number of aliphatic imine (C=N–C) groups is 1. The van der Waals surface area contributed by atoms with Gasteiger partial charge in [-0.15, -0.1) is 0 Å². The first-order chi connectivity index (χ1) is 9.65. The van der Waals surface area contributed by atoms with E-state index in [4.69, 9.17) is 0 Å². The van der Waals surface area contributed by atoms with Gasteiger partial charge in [-0.2, -0.15) is 0 Å². The van der Waals surface area contributed by atoms with Crippen molar-refractivity contribution in [1.82, 2.24) is 4.57 Å². The van der Waals surface area contributed by atoms with Gasteiger partial charge in [0.2, 0.25) is 0 Å². The zero-order valence-electron chi connectivity index (χ0n) is 12.0. The van der Waals surface area contributed by atoms with Crippen molar-refractivity contribution in [3.8, 4) is 0 Å². The Morgan fingerprint density at radius 2 is 2.15 bits per heavy atom. The third kappa shape index (κ3) is 2.62. The number of nitrogens with one attached hydrogen (secondary N) is 1. The average Bonchev–Trinajstić information content (AvgIpc) is 2.77. The number of aromatic nitrogens is 1. The van der Waals surface area contributed by atoms with Crippen molar-refractivity contribution in [3.05, 3.63) is 28.9 Å². The Balaban J connectivity index is 1.97. The third-order valence-electron chi connectivity index (χ3n) is 3.75. The van der Waals surface area contributed by atoms with Crippen LogP contribution in [0, 0.1) is 0 Å². The van der Waals surface area contributed by atoms with E-state index in [1.54, 1.807) is 0 Å². The van der Waals surface area contributed by atoms with Gasteiger partial charge in [0.05, 0.1) is 5.52 Å². The first-order valence-electron chi connectivity index (χ1n) is 7.25. The Bertz CT molecular complexity index is 655. The highest BCUT2D eigenvalue weighted by molar-refractivity contribution is 9.10. The molecule has 0 atom stereocenters. The molecule has 20 heavy (non-hydrogen) atoms. The van der Waals surface area contributed by atoms with Crippen LogP contribution in [0.4, 0.5) is 5.69 Å². The highest BCUT2D eigenvalue weighted by Gasteiger charge is 2.11. The van der Waals surface area contributed by atoms with E-state index in [-0.39, 0.29) is 0 Å². The quantitative estimate of drug-likeness (QED) is 0.825. The highest BCUT2D eigenvalue weighted by atomic mass is 79.9. The van der Waals surface area contributed by atoms with Gasteiger partial charge in [-0.25, -0.2) is 0 Å². The highest BCUT2D eigenvalue weighted by Crippen LogP contribution is 2.31. The van der Waals surface area contributed by atoms with Crippen LogP contribution in [0.1, 0.15) is 39.2 Å². The van der Waals surface area contributed by atoms with E-state index < -0.39 is 0 Å². The second-order valence-electron chi connectivity index (χ2n) is 5.62. The van der Waals surface area contributed by atoms with Crippen LogP contribution in [0.25, 0.3) is 10.9 Å². The molecule has 0 amide bonds. The second kappa shape index (κ2) is 5.60. The molecule has 1 aromatic heterocycles. The smallest absolute Gasteiger partial charge is 0.101 e. The second-order valence-corrected chi connectivity index (χ2v) is 6.47. The molecule has 0 bridgehead atoms. The third-order valence-corrected chi connectivity index (χ3v) is 4.39. The van der Waals surface area contributed by atoms with Gasteiger partial charge < -0.3 is 9.88 Å². The number of nitrogens with zero attached hydrogens (tertiary/aromatic N) is 2. The van der Waals surface area contributed by atoms with Crippen molar-refractivity contribution < 1.29 is 0 Å². The van der Waals surface area contributed by atoms with Crippen LogP contribution in [-0.4, -0.2) is 16.9 Å². The fourth-order valence-electron chi connectivity index (χ4n) is 2.68. The van der Waals surface area contributed by atoms with E-state index in [2.05, 4.69) is 69.0 Å². The fourth-order valence-corrected chi connectivity index (χ4v) is 3.24. The van der Waals surface area contributed by atoms with Crippen LogP contribution < -0.4 is 5.32 Å². The van der Waals surface area contributed by atoms with Gasteiger partial charge in [-0.3, -0.25) is 4.99 Å². The minimum absolute atomic E-state index is 0.450. The van der Waals surface area contributed by atoms with Gasteiger partial charge in [0, 0.05) is 40.8 Å². The number of amidine groups is 1. The van der Waals surface area contributed by atoms with Crippen LogP contribution in [0.2, 0.25) is 0 Å². The number of hydrogen-bond donors (Lipinski definition) is 1. The molecule has 1 aromatic carbocycles. The lowest BCUT2D eigenvalue weighted by Crippen LogP contribution is -2.16. The summed E-state index contributed by atoms with van der Waals surface area (Å²) in [5.41, 5.74) is 2.39. The molecule has 0 saturated heterocycles. The van der Waals surface area contributed by atoms with Gasteiger partial charge in [0.15, 0.2) is 0 Å². The van der Waals surface area contributed by atoms with Crippen molar-refractivity contribution >= 4 is 38.4 Å². The van der Waals surface area contributed by atoms with E-state index in [0.717, 1.165) is 29.0 Å². The monoisotopic (exact) mass is 333 g/mol. The van der Waals surface area contributed by atoms with Gasteiger partial charge in [0.25, 0.3) is 0 Å². The maximum Gasteiger partial charge on any atom is 0.101 e. The number of benzene rings is 1. The van der Waals surface area contributed by atoms with Crippen molar-refractivity contribution in [3.63, 3.8) is 0 Å². The predicted molar refractivity (Wildman–Crippen MR) is 89.8 cm³/mol. The predicted octanol–water partition coefficient (Wildman–Crippen LogP) is 4.98. The van der Waals surface area contributed by atoms with Crippen molar-refractivity contribution in [2.24, 2.45) is 4.99 Å².